The molecule has 3 amide bonds. The Labute approximate surface area is 92.0 Å². The molecule has 1 heterocycles. The molecule has 1 aromatic carbocycles. The molecule has 5 heteroatoms. The maximum Gasteiger partial charge on any atom is 0.280 e. The molecule has 5 nitrogen and oxygen atoms in total. The van der Waals surface area contributed by atoms with Crippen LogP contribution in [-0.2, 0) is 4.79 Å². The SMILES string of the molecule is CCC(=O)NN1C(=O)c2ccccc2C1=O. The van der Waals surface area contributed by atoms with Crippen LogP contribution in [0.15, 0.2) is 24.3 Å². The summed E-state index contributed by atoms with van der Waals surface area (Å²) >= 11 is 0. The van der Waals surface area contributed by atoms with Gasteiger partial charge in [0.05, 0.1) is 11.1 Å². The van der Waals surface area contributed by atoms with Crippen molar-refractivity contribution in [3.05, 3.63) is 35.4 Å². The van der Waals surface area contributed by atoms with Gasteiger partial charge in [-0.3, -0.25) is 19.8 Å². The van der Waals surface area contributed by atoms with Crippen LogP contribution in [0.3, 0.4) is 0 Å². The fraction of sp³-hybridized carbons (Fsp3) is 0.182. The smallest absolute Gasteiger partial charge is 0.273 e. The standard InChI is InChI=1S/C11H10N2O3/c1-2-9(14)12-13-10(15)7-5-3-4-6-8(7)11(13)16/h3-6H,2H2,1H3,(H,12,14). The molecule has 0 aromatic heterocycles. The average Bonchev–Trinajstić information content (AvgIpc) is 2.55. The van der Waals surface area contributed by atoms with E-state index < -0.39 is 11.8 Å². The second kappa shape index (κ2) is 3.77. The highest BCUT2D eigenvalue weighted by atomic mass is 16.2. The van der Waals surface area contributed by atoms with Gasteiger partial charge in [-0.15, -0.1) is 0 Å². The van der Waals surface area contributed by atoms with Crippen molar-refractivity contribution in [2.45, 2.75) is 13.3 Å². The Bertz CT molecular complexity index is 447. The number of hydrogen-bond acceptors (Lipinski definition) is 3. The first-order chi connectivity index (χ1) is 7.65. The van der Waals surface area contributed by atoms with E-state index in [1.807, 2.05) is 0 Å². The highest BCUT2D eigenvalue weighted by molar-refractivity contribution is 6.21. The molecule has 2 rings (SSSR count). The zero-order chi connectivity index (χ0) is 11.7. The van der Waals surface area contributed by atoms with Crippen molar-refractivity contribution in [3.8, 4) is 0 Å². The van der Waals surface area contributed by atoms with Gasteiger partial charge in [0.2, 0.25) is 5.91 Å². The molecule has 0 unspecified atom stereocenters. The van der Waals surface area contributed by atoms with Crippen molar-refractivity contribution in [1.82, 2.24) is 10.4 Å². The van der Waals surface area contributed by atoms with Crippen LogP contribution in [0.5, 0.6) is 0 Å². The Morgan fingerprint density at radius 1 is 1.19 bits per heavy atom. The van der Waals surface area contributed by atoms with E-state index in [1.165, 1.54) is 0 Å². The van der Waals surface area contributed by atoms with Crippen molar-refractivity contribution < 1.29 is 14.4 Å². The molecule has 0 bridgehead atoms. The van der Waals surface area contributed by atoms with Gasteiger partial charge < -0.3 is 0 Å². The number of hydrogen-bond donors (Lipinski definition) is 1. The van der Waals surface area contributed by atoms with Crippen LogP contribution in [0.25, 0.3) is 0 Å². The third-order valence-corrected chi connectivity index (χ3v) is 2.35. The van der Waals surface area contributed by atoms with Crippen LogP contribution in [0.1, 0.15) is 34.1 Å². The van der Waals surface area contributed by atoms with E-state index in [0.717, 1.165) is 5.01 Å². The minimum absolute atomic E-state index is 0.216. The molecule has 0 saturated heterocycles. The summed E-state index contributed by atoms with van der Waals surface area (Å²) in [5.74, 6) is -1.33. The monoisotopic (exact) mass is 218 g/mol. The summed E-state index contributed by atoms with van der Waals surface area (Å²) in [4.78, 5) is 34.7. The van der Waals surface area contributed by atoms with Gasteiger partial charge in [0, 0.05) is 6.42 Å². The first-order valence-corrected chi connectivity index (χ1v) is 4.92. The van der Waals surface area contributed by atoms with Crippen LogP contribution < -0.4 is 5.43 Å². The number of nitrogens with zero attached hydrogens (tertiary/aromatic N) is 1. The summed E-state index contributed by atoms with van der Waals surface area (Å²) in [6, 6.07) is 6.48. The molecule has 0 spiro atoms. The number of imide groups is 1. The summed E-state index contributed by atoms with van der Waals surface area (Å²) in [5, 5.41) is 0.760. The molecule has 0 saturated carbocycles. The number of carbonyl (C=O) groups is 3. The lowest BCUT2D eigenvalue weighted by molar-refractivity contribution is -0.123. The van der Waals surface area contributed by atoms with Gasteiger partial charge in [0.1, 0.15) is 0 Å². The van der Waals surface area contributed by atoms with Gasteiger partial charge in [-0.25, -0.2) is 0 Å². The molecule has 0 atom stereocenters. The van der Waals surface area contributed by atoms with E-state index >= 15 is 0 Å². The van der Waals surface area contributed by atoms with Crippen molar-refractivity contribution in [3.63, 3.8) is 0 Å². The third kappa shape index (κ3) is 1.46. The maximum absolute atomic E-state index is 11.7. The molecule has 0 fully saturated rings. The number of fused-ring (bicyclic) bond motifs is 1. The third-order valence-electron chi connectivity index (χ3n) is 2.35. The fourth-order valence-electron chi connectivity index (χ4n) is 1.49. The summed E-state index contributed by atoms with van der Waals surface area (Å²) in [7, 11) is 0. The molecule has 1 N–H and O–H groups in total. The fourth-order valence-corrected chi connectivity index (χ4v) is 1.49. The Morgan fingerprint density at radius 2 is 1.69 bits per heavy atom. The van der Waals surface area contributed by atoms with Crippen molar-refractivity contribution in [1.29, 1.82) is 0 Å². The molecule has 82 valence electrons. The normalized spacial score (nSPS) is 13.9. The minimum Gasteiger partial charge on any atom is -0.273 e. The number of carbonyl (C=O) groups excluding carboxylic acids is 3. The molecule has 0 aliphatic carbocycles. The van der Waals surface area contributed by atoms with Gasteiger partial charge in [-0.1, -0.05) is 19.1 Å². The molecular formula is C11H10N2O3. The van der Waals surface area contributed by atoms with E-state index in [-0.39, 0.29) is 12.3 Å². The molecule has 16 heavy (non-hydrogen) atoms. The van der Waals surface area contributed by atoms with E-state index in [9.17, 15) is 14.4 Å². The summed E-state index contributed by atoms with van der Waals surface area (Å²) < 4.78 is 0. The highest BCUT2D eigenvalue weighted by Gasteiger charge is 2.36. The van der Waals surface area contributed by atoms with Crippen LogP contribution in [0.4, 0.5) is 0 Å². The Morgan fingerprint density at radius 3 is 2.12 bits per heavy atom. The van der Waals surface area contributed by atoms with E-state index in [0.29, 0.717) is 11.1 Å². The lowest BCUT2D eigenvalue weighted by Crippen LogP contribution is -2.45. The summed E-state index contributed by atoms with van der Waals surface area (Å²) in [5.41, 5.74) is 2.92. The molecule has 1 aliphatic rings. The van der Waals surface area contributed by atoms with Crippen LogP contribution in [0, 0.1) is 0 Å². The highest BCUT2D eigenvalue weighted by Crippen LogP contribution is 2.20. The molecule has 1 aromatic rings. The average molecular weight is 218 g/mol. The molecule has 0 radical (unpaired) electrons. The molecular weight excluding hydrogens is 208 g/mol. The van der Waals surface area contributed by atoms with Crippen LogP contribution in [0.2, 0.25) is 0 Å². The van der Waals surface area contributed by atoms with Crippen LogP contribution >= 0.6 is 0 Å². The second-order valence-electron chi connectivity index (χ2n) is 3.38. The quantitative estimate of drug-likeness (QED) is 0.744. The van der Waals surface area contributed by atoms with Gasteiger partial charge >= 0.3 is 0 Å². The number of benzene rings is 1. The van der Waals surface area contributed by atoms with Gasteiger partial charge in [-0.2, -0.15) is 5.01 Å². The molecule has 1 aliphatic heterocycles. The van der Waals surface area contributed by atoms with E-state index in [4.69, 9.17) is 0 Å². The number of rotatable bonds is 2. The first-order valence-electron chi connectivity index (χ1n) is 4.92. The van der Waals surface area contributed by atoms with Gasteiger partial charge in [0.15, 0.2) is 0 Å². The summed E-state index contributed by atoms with van der Waals surface area (Å²) in [6.07, 6.45) is 0.216. The number of hydrazine groups is 1. The zero-order valence-corrected chi connectivity index (χ0v) is 8.69. The second-order valence-corrected chi connectivity index (χ2v) is 3.38. The Kier molecular flexibility index (Phi) is 2.44. The van der Waals surface area contributed by atoms with E-state index in [1.54, 1.807) is 31.2 Å². The Balaban J connectivity index is 2.32. The maximum atomic E-state index is 11.7. The van der Waals surface area contributed by atoms with Crippen molar-refractivity contribution >= 4 is 17.7 Å². The topological polar surface area (TPSA) is 66.5 Å². The predicted octanol–water partition coefficient (Wildman–Crippen LogP) is 0.724. The first kappa shape index (κ1) is 10.4. The van der Waals surface area contributed by atoms with Gasteiger partial charge in [-0.05, 0) is 12.1 Å². The van der Waals surface area contributed by atoms with E-state index in [2.05, 4.69) is 5.43 Å². The predicted molar refractivity (Wildman–Crippen MR) is 55.4 cm³/mol. The lowest BCUT2D eigenvalue weighted by Gasteiger charge is -2.13. The minimum atomic E-state index is -0.484. The van der Waals surface area contributed by atoms with Crippen molar-refractivity contribution in [2.24, 2.45) is 0 Å². The van der Waals surface area contributed by atoms with Gasteiger partial charge in [0.25, 0.3) is 11.8 Å². The number of amides is 3. The van der Waals surface area contributed by atoms with Crippen LogP contribution in [-0.4, -0.2) is 22.7 Å². The van der Waals surface area contributed by atoms with Crippen molar-refractivity contribution in [2.75, 3.05) is 0 Å². The zero-order valence-electron chi connectivity index (χ0n) is 8.69. The Hall–Kier alpha value is -2.17. The lowest BCUT2D eigenvalue weighted by atomic mass is 10.1. The largest absolute Gasteiger partial charge is 0.280 e. The number of nitrogens with one attached hydrogen (secondary N) is 1. The summed E-state index contributed by atoms with van der Waals surface area (Å²) in [6.45, 7) is 1.65.